The Kier molecular flexibility index (Phi) is 18.5. The summed E-state index contributed by atoms with van der Waals surface area (Å²) >= 11 is 0. The molecule has 0 saturated heterocycles. The highest BCUT2D eigenvalue weighted by molar-refractivity contribution is 6.99. The van der Waals surface area contributed by atoms with Gasteiger partial charge in [0.25, 0.3) is 8.32 Å². The van der Waals surface area contributed by atoms with E-state index in [1.807, 2.05) is 0 Å². The zero-order valence-electron chi connectivity index (χ0n) is 28.2. The Hall–Kier alpha value is -2.93. The quantitative estimate of drug-likeness (QED) is 0.0694. The number of hydrogen-bond acceptors (Lipinski definition) is 9. The maximum absolute atomic E-state index is 10.7. The predicted molar refractivity (Wildman–Crippen MR) is 186 cm³/mol. The third kappa shape index (κ3) is 14.0. The van der Waals surface area contributed by atoms with Crippen LogP contribution in [-0.2, 0) is 32.8 Å². The normalized spacial score (nSPS) is 11.9. The molecule has 0 spiro atoms. The van der Waals surface area contributed by atoms with Crippen LogP contribution in [0.1, 0.15) is 31.1 Å². The lowest BCUT2D eigenvalue weighted by Crippen LogP contribution is -2.66. The molecule has 0 aliphatic carbocycles. The summed E-state index contributed by atoms with van der Waals surface area (Å²) in [6.45, 7) is 13.7. The highest BCUT2D eigenvalue weighted by atomic mass is 28.4. The van der Waals surface area contributed by atoms with Gasteiger partial charge in [-0.05, 0) is 39.7 Å². The highest BCUT2D eigenvalue weighted by Crippen LogP contribution is 2.36. The van der Waals surface area contributed by atoms with E-state index in [4.69, 9.17) is 37.6 Å². The first-order valence-corrected chi connectivity index (χ1v) is 18.3. The molecule has 0 aromatic heterocycles. The highest BCUT2D eigenvalue weighted by Gasteiger charge is 2.50. The van der Waals surface area contributed by atoms with Crippen molar-refractivity contribution in [2.24, 2.45) is 0 Å². The van der Waals surface area contributed by atoms with E-state index >= 15 is 0 Å². The number of hydrogen-bond donors (Lipinski definition) is 0. The maximum Gasteiger partial charge on any atom is 0.261 e. The Morgan fingerprint density at radius 2 is 0.851 bits per heavy atom. The number of carbonyl (C=O) groups excluding carboxylic acids is 1. The first-order chi connectivity index (χ1) is 23.0. The molecule has 0 amide bonds. The van der Waals surface area contributed by atoms with Gasteiger partial charge >= 0.3 is 0 Å². The smallest absolute Gasteiger partial charge is 0.261 e. The van der Waals surface area contributed by atoms with Crippen molar-refractivity contribution in [2.75, 3.05) is 92.5 Å². The zero-order chi connectivity index (χ0) is 33.5. The lowest BCUT2D eigenvalue weighted by molar-refractivity contribution is -0.0188. The summed E-state index contributed by atoms with van der Waals surface area (Å²) in [5, 5.41) is 2.48. The Morgan fingerprint density at radius 3 is 1.21 bits per heavy atom. The fourth-order valence-electron chi connectivity index (χ4n) is 5.08. The molecule has 9 nitrogen and oxygen atoms in total. The van der Waals surface area contributed by atoms with Crippen LogP contribution < -0.4 is 15.1 Å². The molecule has 0 radical (unpaired) electrons. The van der Waals surface area contributed by atoms with Crippen molar-refractivity contribution >= 4 is 25.0 Å². The Morgan fingerprint density at radius 1 is 0.489 bits per heavy atom. The molecule has 3 aromatic rings. The number of carbonyl (C=O) groups is 1. The summed E-state index contributed by atoms with van der Waals surface area (Å²) in [6.07, 6.45) is 0.803. The summed E-state index contributed by atoms with van der Waals surface area (Å²) in [6, 6.07) is 28.2. The van der Waals surface area contributed by atoms with Gasteiger partial charge in [0.05, 0.1) is 85.9 Å². The zero-order valence-corrected chi connectivity index (χ0v) is 29.2. The van der Waals surface area contributed by atoms with Crippen molar-refractivity contribution in [3.8, 4) is 5.75 Å². The van der Waals surface area contributed by atoms with Crippen LogP contribution in [0.3, 0.4) is 0 Å². The summed E-state index contributed by atoms with van der Waals surface area (Å²) in [7, 11) is -2.54. The van der Waals surface area contributed by atoms with E-state index in [-0.39, 0.29) is 5.04 Å². The van der Waals surface area contributed by atoms with Crippen molar-refractivity contribution < 1.29 is 42.4 Å². The van der Waals surface area contributed by atoms with Gasteiger partial charge in [0.15, 0.2) is 0 Å². The van der Waals surface area contributed by atoms with Crippen molar-refractivity contribution in [3.05, 3.63) is 90.5 Å². The number of benzene rings is 3. The Balaban J connectivity index is 1.12. The summed E-state index contributed by atoms with van der Waals surface area (Å²) in [5.41, 5.74) is 0.621. The molecule has 0 saturated carbocycles. The maximum atomic E-state index is 10.7. The van der Waals surface area contributed by atoms with Gasteiger partial charge in [-0.25, -0.2) is 0 Å². The fraction of sp³-hybridized carbons (Fsp3) is 0.486. The van der Waals surface area contributed by atoms with E-state index in [9.17, 15) is 4.79 Å². The molecule has 258 valence electrons. The van der Waals surface area contributed by atoms with Crippen molar-refractivity contribution in [2.45, 2.75) is 25.8 Å². The second-order valence-electron chi connectivity index (χ2n) is 11.7. The molecular weight excluding hydrogens is 616 g/mol. The van der Waals surface area contributed by atoms with E-state index in [2.05, 4.69) is 81.4 Å². The molecule has 0 fully saturated rings. The minimum atomic E-state index is -2.54. The summed E-state index contributed by atoms with van der Waals surface area (Å²) < 4.78 is 45.9. The Bertz CT molecular complexity index is 1160. The molecule has 0 bridgehead atoms. The van der Waals surface area contributed by atoms with Gasteiger partial charge in [-0.3, -0.25) is 4.79 Å². The number of aldehydes is 1. The van der Waals surface area contributed by atoms with Gasteiger partial charge in [0.1, 0.15) is 18.6 Å². The molecule has 0 aliphatic heterocycles. The van der Waals surface area contributed by atoms with Crippen molar-refractivity contribution in [1.29, 1.82) is 0 Å². The van der Waals surface area contributed by atoms with E-state index in [0.717, 1.165) is 6.29 Å². The van der Waals surface area contributed by atoms with E-state index in [1.165, 1.54) is 10.4 Å². The minimum absolute atomic E-state index is 0.0561. The molecule has 0 unspecified atom stereocenters. The van der Waals surface area contributed by atoms with Gasteiger partial charge in [0, 0.05) is 5.56 Å². The molecule has 3 rings (SSSR count). The average molecular weight is 669 g/mol. The van der Waals surface area contributed by atoms with Crippen LogP contribution >= 0.6 is 0 Å². The standard InChI is InChI=1S/C37H52O9Si/c1-37(2,3)47(35-10-6-4-7-11-35,36-12-8-5-9-13-36)46-31-29-44-27-25-42-23-21-40-19-18-39-20-22-41-24-26-43-28-30-45-34-16-14-33(32-38)15-17-34/h4-17,32H,18-31H2,1-3H3. The van der Waals surface area contributed by atoms with Gasteiger partial charge in [-0.1, -0.05) is 81.4 Å². The lowest BCUT2D eigenvalue weighted by Gasteiger charge is -2.43. The van der Waals surface area contributed by atoms with Crippen LogP contribution in [0.5, 0.6) is 5.75 Å². The molecule has 10 heteroatoms. The number of rotatable bonds is 26. The molecule has 47 heavy (non-hydrogen) atoms. The van der Waals surface area contributed by atoms with Gasteiger partial charge in [-0.15, -0.1) is 0 Å². The largest absolute Gasteiger partial charge is 0.491 e. The van der Waals surface area contributed by atoms with Crippen LogP contribution in [0.25, 0.3) is 0 Å². The van der Waals surface area contributed by atoms with E-state index in [0.29, 0.717) is 104 Å². The lowest BCUT2D eigenvalue weighted by atomic mass is 10.2. The summed E-state index contributed by atoms with van der Waals surface area (Å²) in [5.74, 6) is 0.707. The predicted octanol–water partition coefficient (Wildman–Crippen LogP) is 4.55. The first-order valence-electron chi connectivity index (χ1n) is 16.4. The monoisotopic (exact) mass is 668 g/mol. The van der Waals surface area contributed by atoms with Gasteiger partial charge in [-0.2, -0.15) is 0 Å². The Labute approximate surface area is 281 Å². The van der Waals surface area contributed by atoms with Crippen LogP contribution in [0.2, 0.25) is 5.04 Å². The second kappa shape index (κ2) is 22.6. The molecule has 0 aliphatic rings. The second-order valence-corrected chi connectivity index (χ2v) is 16.0. The fourth-order valence-corrected chi connectivity index (χ4v) is 9.62. The summed E-state index contributed by atoms with van der Waals surface area (Å²) in [4.78, 5) is 10.7. The van der Waals surface area contributed by atoms with E-state index < -0.39 is 8.32 Å². The van der Waals surface area contributed by atoms with Crippen molar-refractivity contribution in [1.82, 2.24) is 0 Å². The van der Waals surface area contributed by atoms with Crippen LogP contribution in [0.15, 0.2) is 84.9 Å². The van der Waals surface area contributed by atoms with Crippen LogP contribution in [0, 0.1) is 0 Å². The van der Waals surface area contributed by atoms with E-state index in [1.54, 1.807) is 24.3 Å². The van der Waals surface area contributed by atoms with Crippen LogP contribution in [0.4, 0.5) is 0 Å². The molecule has 3 aromatic carbocycles. The molecule has 0 N–H and O–H groups in total. The van der Waals surface area contributed by atoms with Crippen LogP contribution in [-0.4, -0.2) is 107 Å². The molecule has 0 atom stereocenters. The SMILES string of the molecule is CC(C)(C)[Si](OCCOCCOCCOCCOCCOCCOCCOc1ccc(C=O)cc1)(c1ccccc1)c1ccccc1. The third-order valence-corrected chi connectivity index (χ3v) is 12.4. The molecule has 0 heterocycles. The van der Waals surface area contributed by atoms with Gasteiger partial charge < -0.3 is 37.6 Å². The molecular formula is C37H52O9Si. The number of ether oxygens (including phenoxy) is 7. The first kappa shape index (κ1) is 38.5. The van der Waals surface area contributed by atoms with Gasteiger partial charge in [0.2, 0.25) is 0 Å². The topological polar surface area (TPSA) is 90.9 Å². The third-order valence-electron chi connectivity index (χ3n) is 7.34. The minimum Gasteiger partial charge on any atom is -0.491 e. The van der Waals surface area contributed by atoms with Crippen molar-refractivity contribution in [3.63, 3.8) is 0 Å². The average Bonchev–Trinajstić information content (AvgIpc) is 3.09.